The van der Waals surface area contributed by atoms with Crippen LogP contribution in [0, 0.1) is 0 Å². The molecule has 2 rings (SSSR count). The van der Waals surface area contributed by atoms with Gasteiger partial charge in [0.1, 0.15) is 11.5 Å². The maximum absolute atomic E-state index is 6.07. The van der Waals surface area contributed by atoms with E-state index in [1.165, 1.54) is 11.5 Å². The molecule has 2 aromatic rings. The molecular weight excluding hydrogens is 274 g/mol. The van der Waals surface area contributed by atoms with Crippen LogP contribution in [0.3, 0.4) is 0 Å². The molecular formula is C11H12ClN3O2S. The number of methoxy groups -OCH3 is 2. The molecule has 0 spiro atoms. The van der Waals surface area contributed by atoms with Crippen molar-refractivity contribution in [3.05, 3.63) is 28.2 Å². The van der Waals surface area contributed by atoms with Crippen LogP contribution >= 0.6 is 23.1 Å². The quantitative estimate of drug-likeness (QED) is 0.915. The van der Waals surface area contributed by atoms with Crippen LogP contribution in [0.15, 0.2) is 17.5 Å². The summed E-state index contributed by atoms with van der Waals surface area (Å²) in [5.74, 6) is 1.24. The van der Waals surface area contributed by atoms with Crippen molar-refractivity contribution in [1.82, 2.24) is 9.59 Å². The van der Waals surface area contributed by atoms with Crippen molar-refractivity contribution in [2.45, 2.75) is 6.54 Å². The number of hydrogen-bond acceptors (Lipinski definition) is 6. The number of hydrogen-bond donors (Lipinski definition) is 1. The summed E-state index contributed by atoms with van der Waals surface area (Å²) in [4.78, 5) is 0. The lowest BCUT2D eigenvalue weighted by atomic mass is 10.2. The van der Waals surface area contributed by atoms with Gasteiger partial charge in [-0.25, -0.2) is 0 Å². The zero-order chi connectivity index (χ0) is 13.0. The first-order valence-electron chi connectivity index (χ1n) is 5.16. The molecule has 0 atom stereocenters. The number of rotatable bonds is 5. The zero-order valence-corrected chi connectivity index (χ0v) is 11.5. The molecule has 0 radical (unpaired) electrons. The molecule has 0 saturated carbocycles. The van der Waals surface area contributed by atoms with Gasteiger partial charge in [0.15, 0.2) is 0 Å². The van der Waals surface area contributed by atoms with Gasteiger partial charge in [-0.15, -0.1) is 5.10 Å². The average molecular weight is 286 g/mol. The van der Waals surface area contributed by atoms with E-state index >= 15 is 0 Å². The van der Waals surface area contributed by atoms with Crippen LogP contribution < -0.4 is 14.8 Å². The predicted molar refractivity (Wildman–Crippen MR) is 71.8 cm³/mol. The summed E-state index contributed by atoms with van der Waals surface area (Å²) in [6.45, 7) is 0.565. The zero-order valence-electron chi connectivity index (χ0n) is 9.94. The molecule has 18 heavy (non-hydrogen) atoms. The first kappa shape index (κ1) is 12.9. The number of aromatic nitrogens is 2. The lowest BCUT2D eigenvalue weighted by molar-refractivity contribution is 0.395. The molecule has 1 N–H and O–H groups in total. The van der Waals surface area contributed by atoms with Crippen LogP contribution in [0.5, 0.6) is 11.5 Å². The van der Waals surface area contributed by atoms with Crippen LogP contribution in [0.1, 0.15) is 5.69 Å². The Labute approximate surface area is 114 Å². The van der Waals surface area contributed by atoms with E-state index in [0.717, 1.165) is 11.4 Å². The van der Waals surface area contributed by atoms with Gasteiger partial charge in [0, 0.05) is 11.4 Å². The van der Waals surface area contributed by atoms with Gasteiger partial charge in [0.25, 0.3) is 0 Å². The second-order valence-electron chi connectivity index (χ2n) is 3.44. The van der Waals surface area contributed by atoms with Crippen molar-refractivity contribution in [1.29, 1.82) is 0 Å². The van der Waals surface area contributed by atoms with Crippen molar-refractivity contribution in [3.8, 4) is 11.5 Å². The number of ether oxygens (including phenoxy) is 2. The molecule has 0 fully saturated rings. The van der Waals surface area contributed by atoms with E-state index in [1.54, 1.807) is 26.4 Å². The molecule has 0 aliphatic heterocycles. The van der Waals surface area contributed by atoms with Crippen molar-refractivity contribution < 1.29 is 9.47 Å². The average Bonchev–Trinajstić information content (AvgIpc) is 2.89. The maximum atomic E-state index is 6.07. The summed E-state index contributed by atoms with van der Waals surface area (Å²) in [5.41, 5.74) is 1.66. The number of anilines is 1. The fourth-order valence-electron chi connectivity index (χ4n) is 1.44. The predicted octanol–water partition coefficient (Wildman–Crippen LogP) is 2.82. The van der Waals surface area contributed by atoms with Crippen molar-refractivity contribution >= 4 is 28.8 Å². The standard InChI is InChI=1S/C11H12ClN3O2S/c1-16-10-4-11(17-2)9(3-8(10)12)13-5-7-6-18-15-14-7/h3-4,6,13H,5H2,1-2H3. The van der Waals surface area contributed by atoms with Crippen LogP contribution in [0.25, 0.3) is 0 Å². The lowest BCUT2D eigenvalue weighted by Gasteiger charge is -2.13. The lowest BCUT2D eigenvalue weighted by Crippen LogP contribution is -2.02. The summed E-state index contributed by atoms with van der Waals surface area (Å²) in [6, 6.07) is 3.50. The van der Waals surface area contributed by atoms with E-state index in [0.29, 0.717) is 23.1 Å². The van der Waals surface area contributed by atoms with E-state index < -0.39 is 0 Å². The van der Waals surface area contributed by atoms with Gasteiger partial charge in [-0.05, 0) is 17.6 Å². The first-order chi connectivity index (χ1) is 8.74. The Morgan fingerprint density at radius 1 is 1.28 bits per heavy atom. The van der Waals surface area contributed by atoms with Gasteiger partial charge < -0.3 is 14.8 Å². The number of nitrogens with one attached hydrogen (secondary N) is 1. The molecule has 0 bridgehead atoms. The largest absolute Gasteiger partial charge is 0.495 e. The molecule has 0 amide bonds. The smallest absolute Gasteiger partial charge is 0.145 e. The maximum Gasteiger partial charge on any atom is 0.145 e. The summed E-state index contributed by atoms with van der Waals surface area (Å²) in [7, 11) is 3.16. The molecule has 0 aliphatic rings. The minimum atomic E-state index is 0.525. The van der Waals surface area contributed by atoms with Gasteiger partial charge in [-0.1, -0.05) is 16.1 Å². The number of nitrogens with zero attached hydrogens (tertiary/aromatic N) is 2. The molecule has 0 saturated heterocycles. The van der Waals surface area contributed by atoms with Crippen molar-refractivity contribution in [2.24, 2.45) is 0 Å². The second-order valence-corrected chi connectivity index (χ2v) is 4.45. The molecule has 1 aromatic carbocycles. The third-order valence-corrected chi connectivity index (χ3v) is 3.19. The fraction of sp³-hybridized carbons (Fsp3) is 0.273. The number of halogens is 1. The Bertz CT molecular complexity index is 519. The summed E-state index contributed by atoms with van der Waals surface area (Å²) >= 11 is 7.39. The Hall–Kier alpha value is -1.53. The minimum Gasteiger partial charge on any atom is -0.495 e. The molecule has 1 heterocycles. The third kappa shape index (κ3) is 2.83. The monoisotopic (exact) mass is 285 g/mol. The highest BCUT2D eigenvalue weighted by molar-refractivity contribution is 7.03. The molecule has 0 unspecified atom stereocenters. The Morgan fingerprint density at radius 2 is 2.06 bits per heavy atom. The topological polar surface area (TPSA) is 56.3 Å². The SMILES string of the molecule is COc1cc(OC)c(NCc2csnn2)cc1Cl. The highest BCUT2D eigenvalue weighted by Crippen LogP contribution is 2.35. The second kappa shape index (κ2) is 5.88. The van der Waals surface area contributed by atoms with E-state index in [9.17, 15) is 0 Å². The van der Waals surface area contributed by atoms with Gasteiger partial charge >= 0.3 is 0 Å². The normalized spacial score (nSPS) is 10.2. The van der Waals surface area contributed by atoms with Gasteiger partial charge in [0.2, 0.25) is 0 Å². The Kier molecular flexibility index (Phi) is 4.22. The number of benzene rings is 1. The summed E-state index contributed by atoms with van der Waals surface area (Å²) in [6.07, 6.45) is 0. The molecule has 0 aliphatic carbocycles. The first-order valence-corrected chi connectivity index (χ1v) is 6.37. The molecule has 5 nitrogen and oxygen atoms in total. The van der Waals surface area contributed by atoms with Gasteiger partial charge in [0.05, 0.1) is 37.2 Å². The van der Waals surface area contributed by atoms with Crippen LogP contribution in [0.2, 0.25) is 5.02 Å². The Morgan fingerprint density at radius 3 is 2.67 bits per heavy atom. The van der Waals surface area contributed by atoms with E-state index in [1.807, 2.05) is 5.38 Å². The van der Waals surface area contributed by atoms with Crippen LogP contribution in [-0.4, -0.2) is 23.8 Å². The highest BCUT2D eigenvalue weighted by atomic mass is 35.5. The van der Waals surface area contributed by atoms with E-state index in [-0.39, 0.29) is 0 Å². The van der Waals surface area contributed by atoms with Gasteiger partial charge in [-0.2, -0.15) is 0 Å². The third-order valence-electron chi connectivity index (χ3n) is 2.34. The summed E-state index contributed by atoms with van der Waals surface area (Å²) in [5, 5.41) is 9.55. The van der Waals surface area contributed by atoms with Crippen molar-refractivity contribution in [2.75, 3.05) is 19.5 Å². The van der Waals surface area contributed by atoms with Gasteiger partial charge in [-0.3, -0.25) is 0 Å². The molecule has 1 aromatic heterocycles. The highest BCUT2D eigenvalue weighted by Gasteiger charge is 2.10. The Balaban J connectivity index is 2.18. The fourth-order valence-corrected chi connectivity index (χ4v) is 2.14. The van der Waals surface area contributed by atoms with Crippen LogP contribution in [0.4, 0.5) is 5.69 Å². The molecule has 96 valence electrons. The van der Waals surface area contributed by atoms with E-state index in [2.05, 4.69) is 14.9 Å². The van der Waals surface area contributed by atoms with E-state index in [4.69, 9.17) is 21.1 Å². The van der Waals surface area contributed by atoms with Crippen LogP contribution in [-0.2, 0) is 6.54 Å². The molecule has 7 heteroatoms. The van der Waals surface area contributed by atoms with Crippen molar-refractivity contribution in [3.63, 3.8) is 0 Å². The summed E-state index contributed by atoms with van der Waals surface area (Å²) < 4.78 is 14.2. The minimum absolute atomic E-state index is 0.525.